The van der Waals surface area contributed by atoms with Gasteiger partial charge in [-0.1, -0.05) is 222 Å². The fourth-order valence-electron chi connectivity index (χ4n) is 12.7. The first-order valence-electron chi connectivity index (χ1n) is 25.6. The molecule has 2 heterocycles. The molecule has 2 unspecified atom stereocenters. The standard InChI is InChI=1S/C68H57BN2/c1-67(2,48-26-12-6-13-27-48)50-38-40-60-58(44-50)69-59-45-51(68(3,4)49-28-14-7-15-29-49)39-41-61(59)71(53-32-18-9-19-33-53)63-43-47(42-62(66(63)69)70(60)52-30-16-8-17-31-52)65-56-36-22-20-34-54(56)64(46-24-10-5-11-25-46)55-35-21-23-37-57(55)65/h6-10,12-45,58,60H,5,11H2,1-4H3. The minimum Gasteiger partial charge on any atom is -0.335 e. The lowest BCUT2D eigenvalue weighted by Gasteiger charge is -2.51. The molecule has 2 aliphatic carbocycles. The summed E-state index contributed by atoms with van der Waals surface area (Å²) in [6.45, 7) is 9.62. The third-order valence-corrected chi connectivity index (χ3v) is 16.5. The van der Waals surface area contributed by atoms with Crippen LogP contribution in [-0.2, 0) is 10.8 Å². The highest BCUT2D eigenvalue weighted by Crippen LogP contribution is 2.53. The Morgan fingerprint density at radius 1 is 0.479 bits per heavy atom. The second-order valence-corrected chi connectivity index (χ2v) is 21.1. The summed E-state index contributed by atoms with van der Waals surface area (Å²) < 4.78 is 0. The van der Waals surface area contributed by atoms with E-state index in [0.717, 1.165) is 18.5 Å². The zero-order chi connectivity index (χ0) is 47.8. The second-order valence-electron chi connectivity index (χ2n) is 21.1. The van der Waals surface area contributed by atoms with Gasteiger partial charge in [0.2, 0.25) is 6.71 Å². The smallest absolute Gasteiger partial charge is 0.226 e. The van der Waals surface area contributed by atoms with Crippen molar-refractivity contribution in [2.24, 2.45) is 0 Å². The Bertz CT molecular complexity index is 3600. The Labute approximate surface area is 419 Å². The zero-order valence-electron chi connectivity index (χ0n) is 41.1. The van der Waals surface area contributed by atoms with Crippen LogP contribution in [0.15, 0.2) is 242 Å². The molecule has 0 amide bonds. The summed E-state index contributed by atoms with van der Waals surface area (Å²) in [4.78, 5) is 5.27. The van der Waals surface area contributed by atoms with Crippen molar-refractivity contribution in [1.82, 2.24) is 0 Å². The van der Waals surface area contributed by atoms with Gasteiger partial charge >= 0.3 is 0 Å². The molecule has 71 heavy (non-hydrogen) atoms. The first-order valence-corrected chi connectivity index (χ1v) is 25.6. The summed E-state index contributed by atoms with van der Waals surface area (Å²) in [5, 5.41) is 5.12. The van der Waals surface area contributed by atoms with Crippen molar-refractivity contribution in [3.63, 3.8) is 0 Å². The average Bonchev–Trinajstić information content (AvgIpc) is 3.43. The minimum absolute atomic E-state index is 0.0381. The quantitative estimate of drug-likeness (QED) is 0.111. The third kappa shape index (κ3) is 6.92. The van der Waals surface area contributed by atoms with Crippen LogP contribution in [0.3, 0.4) is 0 Å². The molecule has 9 aromatic rings. The van der Waals surface area contributed by atoms with Gasteiger partial charge in [-0.2, -0.15) is 0 Å². The van der Waals surface area contributed by atoms with Crippen molar-refractivity contribution in [3.05, 3.63) is 264 Å². The van der Waals surface area contributed by atoms with E-state index < -0.39 is 0 Å². The largest absolute Gasteiger partial charge is 0.335 e. The average molecular weight is 913 g/mol. The zero-order valence-corrected chi connectivity index (χ0v) is 41.1. The van der Waals surface area contributed by atoms with Crippen molar-refractivity contribution in [3.8, 4) is 11.1 Å². The van der Waals surface area contributed by atoms with Crippen LogP contribution in [0.5, 0.6) is 0 Å². The number of nitrogens with zero attached hydrogens (tertiary/aromatic N) is 2. The van der Waals surface area contributed by atoms with Gasteiger partial charge in [0, 0.05) is 39.3 Å². The Morgan fingerprint density at radius 3 is 1.63 bits per heavy atom. The number of rotatable bonds is 8. The number of anilines is 5. The molecule has 4 aliphatic rings. The van der Waals surface area contributed by atoms with E-state index in [4.69, 9.17) is 0 Å². The van der Waals surface area contributed by atoms with E-state index in [1.807, 2.05) is 0 Å². The maximum absolute atomic E-state index is 2.69. The van der Waals surface area contributed by atoms with Crippen molar-refractivity contribution in [2.45, 2.75) is 63.2 Å². The van der Waals surface area contributed by atoms with Crippen LogP contribution in [-0.4, -0.2) is 12.8 Å². The van der Waals surface area contributed by atoms with Gasteiger partial charge in [-0.05, 0) is 138 Å². The molecule has 2 nitrogen and oxygen atoms in total. The van der Waals surface area contributed by atoms with Gasteiger partial charge in [0.15, 0.2) is 0 Å². The fourth-order valence-corrected chi connectivity index (χ4v) is 12.7. The van der Waals surface area contributed by atoms with E-state index in [1.54, 1.807) is 0 Å². The first-order chi connectivity index (χ1) is 34.8. The molecule has 2 aliphatic heterocycles. The monoisotopic (exact) mass is 912 g/mol. The number of allylic oxidation sites excluding steroid dienone is 6. The normalized spacial score (nSPS) is 17.2. The molecule has 0 radical (unpaired) electrons. The van der Waals surface area contributed by atoms with Gasteiger partial charge in [-0.25, -0.2) is 0 Å². The Kier molecular flexibility index (Phi) is 10.3. The predicted molar refractivity (Wildman–Crippen MR) is 304 cm³/mol. The van der Waals surface area contributed by atoms with Crippen LogP contribution in [0, 0.1) is 0 Å². The van der Waals surface area contributed by atoms with Gasteiger partial charge in [-0.3, -0.25) is 0 Å². The van der Waals surface area contributed by atoms with Crippen LogP contribution in [0.25, 0.3) is 38.2 Å². The van der Waals surface area contributed by atoms with Crippen LogP contribution >= 0.6 is 0 Å². The van der Waals surface area contributed by atoms with Crippen LogP contribution in [0.2, 0.25) is 5.82 Å². The molecule has 13 rings (SSSR count). The molecule has 0 spiro atoms. The van der Waals surface area contributed by atoms with Gasteiger partial charge in [0.05, 0.1) is 6.04 Å². The highest BCUT2D eigenvalue weighted by Gasteiger charge is 2.50. The maximum atomic E-state index is 2.69. The Morgan fingerprint density at radius 2 is 1.03 bits per heavy atom. The number of benzene rings is 9. The van der Waals surface area contributed by atoms with E-state index in [2.05, 4.69) is 274 Å². The molecule has 0 aromatic heterocycles. The molecule has 0 bridgehead atoms. The molecule has 3 heteroatoms. The summed E-state index contributed by atoms with van der Waals surface area (Å²) in [6, 6.07) is 75.3. The molecule has 0 fully saturated rings. The van der Waals surface area contributed by atoms with Crippen molar-refractivity contribution in [1.29, 1.82) is 0 Å². The molecular formula is C68H57BN2. The summed E-state index contributed by atoms with van der Waals surface area (Å²) in [6.07, 6.45) is 16.9. The van der Waals surface area contributed by atoms with Gasteiger partial charge in [-0.15, -0.1) is 0 Å². The SMILES string of the molecule is CC(C)(C1=CC2B3c4cc(C(C)(C)c5ccccc5)ccc4N(c4ccccc4)c4cc(-c5c6ccccc6c(C6=CCCC=C6)c6ccccc56)cc(c43)N(c3ccccc3)C2C=C1)c1ccccc1. The maximum Gasteiger partial charge on any atom is 0.226 e. The van der Waals surface area contributed by atoms with Crippen molar-refractivity contribution >= 4 is 73.2 Å². The van der Waals surface area contributed by atoms with E-state index in [0.29, 0.717) is 0 Å². The van der Waals surface area contributed by atoms with Crippen LogP contribution in [0.1, 0.15) is 62.8 Å². The highest BCUT2D eigenvalue weighted by molar-refractivity contribution is 6.91. The van der Waals surface area contributed by atoms with Crippen molar-refractivity contribution in [2.75, 3.05) is 9.80 Å². The molecule has 0 saturated carbocycles. The summed E-state index contributed by atoms with van der Waals surface area (Å²) >= 11 is 0. The van der Waals surface area contributed by atoms with E-state index in [-0.39, 0.29) is 29.4 Å². The first kappa shape index (κ1) is 43.2. The summed E-state index contributed by atoms with van der Waals surface area (Å²) in [5.41, 5.74) is 18.8. The molecule has 9 aromatic carbocycles. The lowest BCUT2D eigenvalue weighted by molar-refractivity contribution is 0.622. The van der Waals surface area contributed by atoms with Gasteiger partial charge in [0.25, 0.3) is 0 Å². The van der Waals surface area contributed by atoms with Gasteiger partial charge in [0.1, 0.15) is 0 Å². The Hall–Kier alpha value is -7.88. The van der Waals surface area contributed by atoms with Gasteiger partial charge < -0.3 is 9.80 Å². The highest BCUT2D eigenvalue weighted by atomic mass is 15.2. The number of fused-ring (bicyclic) bond motifs is 6. The number of hydrogen-bond donors (Lipinski definition) is 0. The topological polar surface area (TPSA) is 6.48 Å². The second kappa shape index (κ2) is 16.9. The molecule has 342 valence electrons. The van der Waals surface area contributed by atoms with Crippen LogP contribution in [0.4, 0.5) is 28.4 Å². The molecular weight excluding hydrogens is 856 g/mol. The summed E-state index contributed by atoms with van der Waals surface area (Å²) in [5.74, 6) is 0.111. The lowest BCUT2D eigenvalue weighted by atomic mass is 9.28. The number of hydrogen-bond acceptors (Lipinski definition) is 2. The summed E-state index contributed by atoms with van der Waals surface area (Å²) in [7, 11) is 0. The lowest BCUT2D eigenvalue weighted by Crippen LogP contribution is -2.62. The van der Waals surface area contributed by atoms with E-state index >= 15 is 0 Å². The molecule has 2 atom stereocenters. The molecule has 0 N–H and O–H groups in total. The number of para-hydroxylation sites is 2. The van der Waals surface area contributed by atoms with Crippen molar-refractivity contribution < 1.29 is 0 Å². The third-order valence-electron chi connectivity index (χ3n) is 16.5. The predicted octanol–water partition coefficient (Wildman–Crippen LogP) is 16.5. The minimum atomic E-state index is -0.231. The van der Waals surface area contributed by atoms with Crippen LogP contribution < -0.4 is 20.7 Å². The van der Waals surface area contributed by atoms with E-state index in [1.165, 1.54) is 99.7 Å². The van der Waals surface area contributed by atoms with E-state index in [9.17, 15) is 0 Å². The fraction of sp³-hybridized carbons (Fsp3) is 0.147. The molecule has 0 saturated heterocycles. The Balaban J connectivity index is 1.14.